The minimum atomic E-state index is -0.478. The maximum Gasteiger partial charge on any atom is 0.338 e. The Bertz CT molecular complexity index is 1080. The van der Waals surface area contributed by atoms with E-state index in [0.717, 1.165) is 16.8 Å². The van der Waals surface area contributed by atoms with Gasteiger partial charge in [0.1, 0.15) is 0 Å². The number of carbonyl (C=O) groups is 2. The Morgan fingerprint density at radius 2 is 1.88 bits per heavy atom. The van der Waals surface area contributed by atoms with E-state index in [4.69, 9.17) is 17.0 Å². The highest BCUT2D eigenvalue weighted by molar-refractivity contribution is 7.80. The molecule has 2 aromatic carbocycles. The van der Waals surface area contributed by atoms with E-state index in [1.807, 2.05) is 77.2 Å². The Labute approximate surface area is 194 Å². The third-order valence-electron chi connectivity index (χ3n) is 5.39. The summed E-state index contributed by atoms with van der Waals surface area (Å²) in [4.78, 5) is 27.5. The number of nitrogens with one attached hydrogen (secondary N) is 2. The lowest BCUT2D eigenvalue weighted by Gasteiger charge is -2.35. The summed E-state index contributed by atoms with van der Waals surface area (Å²) in [5.74, 6) is -0.332. The molecule has 1 amide bonds. The number of nitrogens with zero attached hydrogens (tertiary/aromatic N) is 1. The predicted octanol–water partition coefficient (Wildman–Crippen LogP) is 4.58. The van der Waals surface area contributed by atoms with E-state index in [9.17, 15) is 9.59 Å². The van der Waals surface area contributed by atoms with Crippen molar-refractivity contribution in [3.05, 3.63) is 76.5 Å². The van der Waals surface area contributed by atoms with Crippen LogP contribution in [0.15, 0.2) is 59.8 Å². The summed E-state index contributed by atoms with van der Waals surface area (Å²) in [6, 6.07) is 14.4. The molecule has 0 spiro atoms. The zero-order chi connectivity index (χ0) is 23.4. The number of carbonyl (C=O) groups excluding carboxylic acids is 2. The summed E-state index contributed by atoms with van der Waals surface area (Å²) in [5, 5.41) is 6.71. The smallest absolute Gasteiger partial charge is 0.338 e. The first-order valence-electron chi connectivity index (χ1n) is 10.6. The molecule has 0 saturated carbocycles. The van der Waals surface area contributed by atoms with Gasteiger partial charge in [-0.1, -0.05) is 44.2 Å². The van der Waals surface area contributed by atoms with Gasteiger partial charge in [0.15, 0.2) is 5.11 Å². The lowest BCUT2D eigenvalue weighted by Crippen LogP contribution is -2.46. The van der Waals surface area contributed by atoms with Crippen molar-refractivity contribution in [3.8, 4) is 0 Å². The second-order valence-corrected chi connectivity index (χ2v) is 8.71. The number of aryl methyl sites for hydroxylation is 1. The molecule has 32 heavy (non-hydrogen) atoms. The van der Waals surface area contributed by atoms with Gasteiger partial charge >= 0.3 is 5.97 Å². The van der Waals surface area contributed by atoms with Crippen LogP contribution in [0.3, 0.4) is 0 Å². The fourth-order valence-corrected chi connectivity index (χ4v) is 3.75. The number of ether oxygens (including phenoxy) is 1. The molecule has 2 aromatic rings. The molecule has 0 bridgehead atoms. The van der Waals surface area contributed by atoms with Crippen molar-refractivity contribution in [1.29, 1.82) is 0 Å². The molecule has 1 atom stereocenters. The first kappa shape index (κ1) is 23.5. The Hall–Kier alpha value is -3.19. The highest BCUT2D eigenvalue weighted by Crippen LogP contribution is 2.32. The second-order valence-electron chi connectivity index (χ2n) is 8.33. The molecule has 0 saturated heterocycles. The van der Waals surface area contributed by atoms with Crippen LogP contribution in [0.4, 0.5) is 5.69 Å². The summed E-state index contributed by atoms with van der Waals surface area (Å²) in [5.41, 5.74) is 4.20. The normalized spacial score (nSPS) is 16.1. The summed E-state index contributed by atoms with van der Waals surface area (Å²) < 4.78 is 5.54. The molecule has 2 N–H and O–H groups in total. The van der Waals surface area contributed by atoms with Crippen LogP contribution in [-0.2, 0) is 9.53 Å². The number of anilines is 1. The number of benzene rings is 2. The topological polar surface area (TPSA) is 70.7 Å². The predicted molar refractivity (Wildman–Crippen MR) is 130 cm³/mol. The van der Waals surface area contributed by atoms with E-state index in [-0.39, 0.29) is 17.8 Å². The molecule has 0 aliphatic carbocycles. The van der Waals surface area contributed by atoms with Gasteiger partial charge < -0.3 is 20.3 Å². The van der Waals surface area contributed by atoms with Gasteiger partial charge in [-0.05, 0) is 61.3 Å². The zero-order valence-corrected chi connectivity index (χ0v) is 19.9. The van der Waals surface area contributed by atoms with Crippen molar-refractivity contribution in [1.82, 2.24) is 10.2 Å². The van der Waals surface area contributed by atoms with E-state index < -0.39 is 6.04 Å². The standard InChI is InChI=1S/C25H29N3O3S/c1-15(2)14-31-24(30)21-17(4)28(5)25(32)27-22(21)18-10-8-11-19(13-18)26-23(29)20-12-7-6-9-16(20)3/h6-13,15,22H,14H2,1-5H3,(H,26,29)(H,27,32)/t22-/m1/s1. The molecule has 3 rings (SSSR count). The molecule has 0 unspecified atom stereocenters. The van der Waals surface area contributed by atoms with Crippen LogP contribution in [-0.4, -0.2) is 35.5 Å². The van der Waals surface area contributed by atoms with E-state index in [0.29, 0.717) is 28.5 Å². The number of esters is 1. The molecule has 7 heteroatoms. The van der Waals surface area contributed by atoms with Crippen LogP contribution >= 0.6 is 12.2 Å². The summed E-state index contributed by atoms with van der Waals surface area (Å²) in [6.07, 6.45) is 0. The lowest BCUT2D eigenvalue weighted by atomic mass is 9.94. The first-order valence-corrected chi connectivity index (χ1v) is 11.0. The maximum absolute atomic E-state index is 13.0. The van der Waals surface area contributed by atoms with Crippen LogP contribution in [0.1, 0.15) is 48.3 Å². The molecule has 6 nitrogen and oxygen atoms in total. The van der Waals surface area contributed by atoms with E-state index in [2.05, 4.69) is 10.6 Å². The molecule has 1 aliphatic heterocycles. The first-order chi connectivity index (χ1) is 15.2. The number of hydrogen-bond donors (Lipinski definition) is 2. The highest BCUT2D eigenvalue weighted by atomic mass is 32.1. The van der Waals surface area contributed by atoms with E-state index in [1.54, 1.807) is 11.0 Å². The van der Waals surface area contributed by atoms with E-state index >= 15 is 0 Å². The molecule has 0 fully saturated rings. The van der Waals surface area contributed by atoms with Gasteiger partial charge in [-0.25, -0.2) is 4.79 Å². The Morgan fingerprint density at radius 1 is 1.16 bits per heavy atom. The SMILES string of the molecule is CC1=C(C(=O)OCC(C)C)[C@@H](c2cccc(NC(=O)c3ccccc3C)c2)NC(=S)N1C. The number of thiocarbonyl (C=S) groups is 1. The van der Waals surface area contributed by atoms with Crippen LogP contribution in [0.5, 0.6) is 0 Å². The summed E-state index contributed by atoms with van der Waals surface area (Å²) in [6.45, 7) is 8.08. The summed E-state index contributed by atoms with van der Waals surface area (Å²) in [7, 11) is 1.81. The Morgan fingerprint density at radius 3 is 2.56 bits per heavy atom. The number of rotatable bonds is 6. The number of amides is 1. The zero-order valence-electron chi connectivity index (χ0n) is 19.1. The quantitative estimate of drug-likeness (QED) is 0.495. The molecular weight excluding hydrogens is 422 g/mol. The third-order valence-corrected chi connectivity index (χ3v) is 5.78. The Kier molecular flexibility index (Phi) is 7.30. The molecular formula is C25H29N3O3S. The second kappa shape index (κ2) is 9.96. The number of allylic oxidation sites excluding steroid dienone is 1. The molecule has 168 valence electrons. The van der Waals surface area contributed by atoms with Gasteiger partial charge in [0.25, 0.3) is 5.91 Å². The fourth-order valence-electron chi connectivity index (χ4n) is 3.49. The lowest BCUT2D eigenvalue weighted by molar-refractivity contribution is -0.140. The van der Waals surface area contributed by atoms with Gasteiger partial charge in [-0.2, -0.15) is 0 Å². The van der Waals surface area contributed by atoms with Gasteiger partial charge in [0, 0.05) is 24.0 Å². The number of hydrogen-bond acceptors (Lipinski definition) is 4. The average Bonchev–Trinajstić information content (AvgIpc) is 2.76. The summed E-state index contributed by atoms with van der Waals surface area (Å²) >= 11 is 5.47. The third kappa shape index (κ3) is 5.16. The molecule has 1 heterocycles. The van der Waals surface area contributed by atoms with Gasteiger partial charge in [-0.15, -0.1) is 0 Å². The minimum Gasteiger partial charge on any atom is -0.462 e. The van der Waals surface area contributed by atoms with E-state index in [1.165, 1.54) is 0 Å². The minimum absolute atomic E-state index is 0.185. The van der Waals surface area contributed by atoms with Gasteiger partial charge in [0.05, 0.1) is 18.2 Å². The highest BCUT2D eigenvalue weighted by Gasteiger charge is 2.33. The van der Waals surface area contributed by atoms with Crippen LogP contribution in [0.2, 0.25) is 0 Å². The van der Waals surface area contributed by atoms with Crippen molar-refractivity contribution in [2.45, 2.75) is 33.7 Å². The van der Waals surface area contributed by atoms with Crippen LogP contribution in [0, 0.1) is 12.8 Å². The molecule has 0 radical (unpaired) electrons. The van der Waals surface area contributed by atoms with Crippen molar-refractivity contribution in [2.24, 2.45) is 5.92 Å². The van der Waals surface area contributed by atoms with Crippen molar-refractivity contribution in [3.63, 3.8) is 0 Å². The average molecular weight is 452 g/mol. The molecule has 1 aliphatic rings. The van der Waals surface area contributed by atoms with Crippen molar-refractivity contribution >= 4 is 34.9 Å². The van der Waals surface area contributed by atoms with Crippen molar-refractivity contribution < 1.29 is 14.3 Å². The fraction of sp³-hybridized carbons (Fsp3) is 0.320. The Balaban J connectivity index is 1.91. The van der Waals surface area contributed by atoms with Crippen LogP contribution in [0.25, 0.3) is 0 Å². The van der Waals surface area contributed by atoms with Gasteiger partial charge in [0.2, 0.25) is 0 Å². The van der Waals surface area contributed by atoms with Crippen molar-refractivity contribution in [2.75, 3.05) is 19.0 Å². The van der Waals surface area contributed by atoms with Gasteiger partial charge in [-0.3, -0.25) is 4.79 Å². The maximum atomic E-state index is 13.0. The van der Waals surface area contributed by atoms with Crippen LogP contribution < -0.4 is 10.6 Å². The molecule has 0 aromatic heterocycles. The largest absolute Gasteiger partial charge is 0.462 e. The monoisotopic (exact) mass is 451 g/mol.